The minimum Gasteiger partial charge on any atom is -0.444 e. The van der Waals surface area contributed by atoms with E-state index in [0.29, 0.717) is 24.2 Å². The monoisotopic (exact) mass is 379 g/mol. The zero-order valence-corrected chi connectivity index (χ0v) is 16.4. The number of carbonyl (C=O) groups is 1. The molecule has 1 aromatic carbocycles. The lowest BCUT2D eigenvalue weighted by molar-refractivity contribution is 0.0143. The summed E-state index contributed by atoms with van der Waals surface area (Å²) in [4.78, 5) is 13.7. The van der Waals surface area contributed by atoms with E-state index in [2.05, 4.69) is 0 Å². The average Bonchev–Trinajstić information content (AvgIpc) is 2.53. The maximum absolute atomic E-state index is 12.8. The van der Waals surface area contributed by atoms with Crippen LogP contribution in [0.4, 0.5) is 4.79 Å². The lowest BCUT2D eigenvalue weighted by Crippen LogP contribution is -2.56. The molecule has 1 heterocycles. The molecule has 1 aromatic rings. The molecule has 1 amide bonds. The summed E-state index contributed by atoms with van der Waals surface area (Å²) in [5, 5.41) is 8.82. The molecule has 1 aliphatic heterocycles. The second-order valence-electron chi connectivity index (χ2n) is 7.45. The zero-order chi connectivity index (χ0) is 19.5. The van der Waals surface area contributed by atoms with Gasteiger partial charge in [-0.15, -0.1) is 0 Å². The molecule has 1 atom stereocenters. The first-order valence-corrected chi connectivity index (χ1v) is 10.1. The third-order valence-corrected chi connectivity index (χ3v) is 5.96. The van der Waals surface area contributed by atoms with E-state index in [1.807, 2.05) is 6.07 Å². The lowest BCUT2D eigenvalue weighted by Gasteiger charge is -2.39. The number of carbonyl (C=O) groups excluding carboxylic acids is 1. The second-order valence-corrected chi connectivity index (χ2v) is 9.37. The smallest absolute Gasteiger partial charge is 0.410 e. The van der Waals surface area contributed by atoms with E-state index in [1.54, 1.807) is 56.9 Å². The summed E-state index contributed by atoms with van der Waals surface area (Å²) in [6, 6.07) is 8.19. The molecule has 0 saturated carbocycles. The number of rotatable bonds is 3. The van der Waals surface area contributed by atoms with Crippen molar-refractivity contribution in [1.29, 1.82) is 5.26 Å². The molecule has 8 heteroatoms. The predicted molar refractivity (Wildman–Crippen MR) is 97.8 cm³/mol. The van der Waals surface area contributed by atoms with Crippen LogP contribution in [0.1, 0.15) is 38.8 Å². The summed E-state index contributed by atoms with van der Waals surface area (Å²) in [7, 11) is -3.52. The van der Waals surface area contributed by atoms with Gasteiger partial charge in [0.1, 0.15) is 5.60 Å². The second kappa shape index (κ2) is 7.64. The summed E-state index contributed by atoms with van der Waals surface area (Å²) >= 11 is 0. The molecule has 0 aromatic heterocycles. The van der Waals surface area contributed by atoms with Crippen molar-refractivity contribution < 1.29 is 17.9 Å². The molecular weight excluding hydrogens is 354 g/mol. The Hall–Kier alpha value is -2.11. The van der Waals surface area contributed by atoms with Crippen molar-refractivity contribution in [3.8, 4) is 6.07 Å². The molecule has 1 saturated heterocycles. The molecule has 0 radical (unpaired) electrons. The van der Waals surface area contributed by atoms with E-state index in [9.17, 15) is 13.2 Å². The van der Waals surface area contributed by atoms with Gasteiger partial charge in [0.15, 0.2) is 0 Å². The van der Waals surface area contributed by atoms with Crippen molar-refractivity contribution in [3.63, 3.8) is 0 Å². The highest BCUT2D eigenvalue weighted by molar-refractivity contribution is 7.88. The van der Waals surface area contributed by atoms with Gasteiger partial charge in [0.2, 0.25) is 10.0 Å². The van der Waals surface area contributed by atoms with Crippen LogP contribution in [-0.2, 0) is 20.5 Å². The quantitative estimate of drug-likeness (QED) is 0.804. The number of piperazine rings is 1. The van der Waals surface area contributed by atoms with Gasteiger partial charge in [0.05, 0.1) is 17.4 Å². The van der Waals surface area contributed by atoms with Crippen molar-refractivity contribution in [2.75, 3.05) is 19.6 Å². The van der Waals surface area contributed by atoms with Gasteiger partial charge in [-0.25, -0.2) is 13.2 Å². The van der Waals surface area contributed by atoms with Crippen LogP contribution in [0.5, 0.6) is 0 Å². The largest absolute Gasteiger partial charge is 0.444 e. The normalized spacial score (nSPS) is 19.0. The predicted octanol–water partition coefficient (Wildman–Crippen LogP) is 2.33. The molecule has 2 rings (SSSR count). The standard InChI is InChI=1S/C18H25N3O4S/c1-14-12-20(17(22)25-18(2,3)4)9-10-21(14)26(23,24)13-16-7-5-15(11-19)6-8-16/h5-8,14H,9-10,12-13H2,1-4H3. The fraction of sp³-hybridized carbons (Fsp3) is 0.556. The first-order chi connectivity index (χ1) is 12.0. The van der Waals surface area contributed by atoms with Crippen LogP contribution in [0, 0.1) is 11.3 Å². The van der Waals surface area contributed by atoms with Gasteiger partial charge >= 0.3 is 6.09 Å². The number of hydrogen-bond donors (Lipinski definition) is 0. The summed E-state index contributed by atoms with van der Waals surface area (Å²) in [5.41, 5.74) is 0.537. The Bertz CT molecular complexity index is 791. The van der Waals surface area contributed by atoms with E-state index in [4.69, 9.17) is 10.00 Å². The Morgan fingerprint density at radius 3 is 2.38 bits per heavy atom. The summed E-state index contributed by atoms with van der Waals surface area (Å²) < 4.78 is 32.3. The maximum atomic E-state index is 12.8. The van der Waals surface area contributed by atoms with Crippen molar-refractivity contribution in [3.05, 3.63) is 35.4 Å². The fourth-order valence-corrected chi connectivity index (χ4v) is 4.57. The van der Waals surface area contributed by atoms with Crippen molar-refractivity contribution in [2.45, 2.75) is 45.1 Å². The molecule has 1 aliphatic rings. The SMILES string of the molecule is CC1CN(C(=O)OC(C)(C)C)CCN1S(=O)(=O)Cc1ccc(C#N)cc1. The molecule has 1 fully saturated rings. The summed E-state index contributed by atoms with van der Waals surface area (Å²) in [6.07, 6.45) is -0.423. The first-order valence-electron chi connectivity index (χ1n) is 8.48. The van der Waals surface area contributed by atoms with Crippen LogP contribution in [0.3, 0.4) is 0 Å². The van der Waals surface area contributed by atoms with Crippen LogP contribution in [0.2, 0.25) is 0 Å². The Labute approximate surface area is 155 Å². The van der Waals surface area contributed by atoms with Crippen LogP contribution in [0.25, 0.3) is 0 Å². The number of ether oxygens (including phenoxy) is 1. The highest BCUT2D eigenvalue weighted by Crippen LogP contribution is 2.20. The highest BCUT2D eigenvalue weighted by atomic mass is 32.2. The lowest BCUT2D eigenvalue weighted by atomic mass is 10.2. The number of hydrogen-bond acceptors (Lipinski definition) is 5. The molecule has 0 spiro atoms. The van der Waals surface area contributed by atoms with Gasteiger partial charge in [-0.3, -0.25) is 0 Å². The number of nitriles is 1. The van der Waals surface area contributed by atoms with Gasteiger partial charge in [-0.2, -0.15) is 9.57 Å². The number of benzene rings is 1. The molecule has 142 valence electrons. The number of amides is 1. The molecule has 0 N–H and O–H groups in total. The Kier molecular flexibility index (Phi) is 5.94. The van der Waals surface area contributed by atoms with Gasteiger partial charge < -0.3 is 9.64 Å². The Morgan fingerprint density at radius 2 is 1.88 bits per heavy atom. The molecule has 1 unspecified atom stereocenters. The van der Waals surface area contributed by atoms with E-state index < -0.39 is 21.7 Å². The summed E-state index contributed by atoms with van der Waals surface area (Å²) in [6.45, 7) is 8.01. The van der Waals surface area contributed by atoms with Gasteiger partial charge in [-0.1, -0.05) is 12.1 Å². The molecule has 26 heavy (non-hydrogen) atoms. The third kappa shape index (κ3) is 5.19. The molecule has 7 nitrogen and oxygen atoms in total. The number of nitrogens with zero attached hydrogens (tertiary/aromatic N) is 3. The van der Waals surface area contributed by atoms with Gasteiger partial charge in [-0.05, 0) is 45.4 Å². The van der Waals surface area contributed by atoms with E-state index >= 15 is 0 Å². The first kappa shape index (κ1) is 20.2. The minimum absolute atomic E-state index is 0.129. The van der Waals surface area contributed by atoms with Crippen molar-refractivity contribution >= 4 is 16.1 Å². The van der Waals surface area contributed by atoms with E-state index in [1.165, 1.54) is 4.31 Å². The molecular formula is C18H25N3O4S. The maximum Gasteiger partial charge on any atom is 0.410 e. The average molecular weight is 379 g/mol. The van der Waals surface area contributed by atoms with Crippen molar-refractivity contribution in [1.82, 2.24) is 9.21 Å². The zero-order valence-electron chi connectivity index (χ0n) is 15.6. The molecule has 0 bridgehead atoms. The Morgan fingerprint density at radius 1 is 1.27 bits per heavy atom. The van der Waals surface area contributed by atoms with Crippen LogP contribution in [-0.4, -0.2) is 55.0 Å². The fourth-order valence-electron chi connectivity index (χ4n) is 2.82. The van der Waals surface area contributed by atoms with E-state index in [-0.39, 0.29) is 18.3 Å². The topological polar surface area (TPSA) is 90.7 Å². The third-order valence-electron chi connectivity index (χ3n) is 4.01. The molecule has 0 aliphatic carbocycles. The van der Waals surface area contributed by atoms with E-state index in [0.717, 1.165) is 0 Å². The van der Waals surface area contributed by atoms with Crippen LogP contribution in [0.15, 0.2) is 24.3 Å². The Balaban J connectivity index is 2.03. The summed E-state index contributed by atoms with van der Waals surface area (Å²) in [5.74, 6) is -0.129. The minimum atomic E-state index is -3.52. The van der Waals surface area contributed by atoms with Gasteiger partial charge in [0, 0.05) is 25.7 Å². The van der Waals surface area contributed by atoms with Crippen molar-refractivity contribution in [2.24, 2.45) is 0 Å². The van der Waals surface area contributed by atoms with Gasteiger partial charge in [0.25, 0.3) is 0 Å². The number of sulfonamides is 1. The van der Waals surface area contributed by atoms with Crippen LogP contribution >= 0.6 is 0 Å². The van der Waals surface area contributed by atoms with Crippen LogP contribution < -0.4 is 0 Å². The highest BCUT2D eigenvalue weighted by Gasteiger charge is 2.35.